The van der Waals surface area contributed by atoms with Gasteiger partial charge in [-0.15, -0.1) is 13.2 Å². The van der Waals surface area contributed by atoms with Crippen LogP contribution < -0.4 is 10.1 Å². The van der Waals surface area contributed by atoms with E-state index in [1.807, 2.05) is 23.1 Å². The maximum Gasteiger partial charge on any atom is 0.573 e. The van der Waals surface area contributed by atoms with Crippen molar-refractivity contribution in [2.75, 3.05) is 25.0 Å². The van der Waals surface area contributed by atoms with Crippen molar-refractivity contribution in [3.05, 3.63) is 54.4 Å². The van der Waals surface area contributed by atoms with Gasteiger partial charge in [0.05, 0.1) is 6.54 Å². The third-order valence-corrected chi connectivity index (χ3v) is 4.41. The van der Waals surface area contributed by atoms with Gasteiger partial charge in [-0.05, 0) is 50.2 Å². The zero-order valence-electron chi connectivity index (χ0n) is 14.6. The second-order valence-electron chi connectivity index (χ2n) is 6.43. The highest BCUT2D eigenvalue weighted by molar-refractivity contribution is 5.92. The van der Waals surface area contributed by atoms with E-state index < -0.39 is 6.36 Å². The Kier molecular flexibility index (Phi) is 5.95. The highest BCUT2D eigenvalue weighted by Gasteiger charge is 2.31. The van der Waals surface area contributed by atoms with E-state index in [0.29, 0.717) is 5.92 Å². The van der Waals surface area contributed by atoms with Crippen LogP contribution in [0.15, 0.2) is 48.7 Å². The van der Waals surface area contributed by atoms with Crippen molar-refractivity contribution in [2.24, 2.45) is 0 Å². The van der Waals surface area contributed by atoms with E-state index in [-0.39, 0.29) is 23.9 Å². The Labute approximate surface area is 155 Å². The fraction of sp³-hybridized carbons (Fsp3) is 0.368. The number of nitrogens with zero attached hydrogens (tertiary/aromatic N) is 2. The van der Waals surface area contributed by atoms with Crippen LogP contribution in [0.5, 0.6) is 5.75 Å². The molecule has 0 spiro atoms. The molecule has 1 aromatic carbocycles. The molecule has 144 valence electrons. The third-order valence-electron chi connectivity index (χ3n) is 4.41. The van der Waals surface area contributed by atoms with Gasteiger partial charge in [0.25, 0.3) is 0 Å². The lowest BCUT2D eigenvalue weighted by Gasteiger charge is -2.31. The lowest BCUT2D eigenvalue weighted by molar-refractivity contribution is -0.274. The van der Waals surface area contributed by atoms with Crippen LogP contribution in [0.1, 0.15) is 24.5 Å². The van der Waals surface area contributed by atoms with Gasteiger partial charge >= 0.3 is 6.36 Å². The van der Waals surface area contributed by atoms with Gasteiger partial charge in [0.2, 0.25) is 5.91 Å². The molecule has 5 nitrogen and oxygen atoms in total. The van der Waals surface area contributed by atoms with Crippen LogP contribution in [0.3, 0.4) is 0 Å². The number of hydrogen-bond acceptors (Lipinski definition) is 4. The average molecular weight is 379 g/mol. The molecule has 1 aliphatic rings. The smallest absolute Gasteiger partial charge is 0.406 e. The first-order chi connectivity index (χ1) is 12.9. The number of likely N-dealkylation sites (tertiary alicyclic amines) is 1. The minimum atomic E-state index is -4.76. The number of carbonyl (C=O) groups is 1. The van der Waals surface area contributed by atoms with Crippen molar-refractivity contribution >= 4 is 11.6 Å². The number of carbonyl (C=O) groups excluding carboxylic acids is 1. The summed E-state index contributed by atoms with van der Waals surface area (Å²) in [5.41, 5.74) is 1.34. The van der Waals surface area contributed by atoms with E-state index in [1.165, 1.54) is 18.2 Å². The molecular weight excluding hydrogens is 359 g/mol. The minimum Gasteiger partial charge on any atom is -0.406 e. The monoisotopic (exact) mass is 379 g/mol. The Hall–Kier alpha value is -2.61. The second kappa shape index (κ2) is 8.39. The molecule has 3 rings (SSSR count). The molecular formula is C19H20F3N3O2. The Morgan fingerprint density at radius 3 is 2.63 bits per heavy atom. The SMILES string of the molecule is O=C(CN1CCC(c2ccccn2)CC1)Nc1cccc(OC(F)(F)F)c1. The zero-order valence-corrected chi connectivity index (χ0v) is 14.6. The van der Waals surface area contributed by atoms with E-state index in [2.05, 4.69) is 15.0 Å². The molecule has 0 bridgehead atoms. The molecule has 27 heavy (non-hydrogen) atoms. The molecule has 1 aliphatic heterocycles. The molecule has 0 aliphatic carbocycles. The number of amides is 1. The van der Waals surface area contributed by atoms with E-state index >= 15 is 0 Å². The van der Waals surface area contributed by atoms with E-state index in [1.54, 1.807) is 6.20 Å². The third kappa shape index (κ3) is 5.96. The number of halogens is 3. The molecule has 0 saturated carbocycles. The minimum absolute atomic E-state index is 0.194. The summed E-state index contributed by atoms with van der Waals surface area (Å²) in [7, 11) is 0. The Bertz CT molecular complexity index is 760. The fourth-order valence-corrected chi connectivity index (χ4v) is 3.18. The Morgan fingerprint density at radius 1 is 1.19 bits per heavy atom. The molecule has 8 heteroatoms. The number of aromatic nitrogens is 1. The largest absolute Gasteiger partial charge is 0.573 e. The summed E-state index contributed by atoms with van der Waals surface area (Å²) in [5.74, 6) is -0.242. The van der Waals surface area contributed by atoms with Crippen LogP contribution in [0.4, 0.5) is 18.9 Å². The first-order valence-electron chi connectivity index (χ1n) is 8.68. The maximum absolute atomic E-state index is 12.3. The van der Waals surface area contributed by atoms with Crippen LogP contribution in [0, 0.1) is 0 Å². The quantitative estimate of drug-likeness (QED) is 0.859. The molecule has 0 radical (unpaired) electrons. The van der Waals surface area contributed by atoms with Gasteiger partial charge < -0.3 is 10.1 Å². The summed E-state index contributed by atoms with van der Waals surface area (Å²) in [6.07, 6.45) is -1.15. The standard InChI is InChI=1S/C19H20F3N3O2/c20-19(21,22)27-16-5-3-4-15(12-16)24-18(26)13-25-10-7-14(8-11-25)17-6-1-2-9-23-17/h1-6,9,12,14H,7-8,10-11,13H2,(H,24,26). The van der Waals surface area contributed by atoms with Crippen LogP contribution in [0.25, 0.3) is 0 Å². The molecule has 2 aromatic rings. The summed E-state index contributed by atoms with van der Waals surface area (Å²) in [6.45, 7) is 1.73. The number of ether oxygens (including phenoxy) is 1. The molecule has 1 aromatic heterocycles. The zero-order chi connectivity index (χ0) is 19.3. The number of piperidine rings is 1. The number of hydrogen-bond donors (Lipinski definition) is 1. The van der Waals surface area contributed by atoms with Gasteiger partial charge in [-0.1, -0.05) is 12.1 Å². The van der Waals surface area contributed by atoms with Crippen molar-refractivity contribution in [2.45, 2.75) is 25.1 Å². The van der Waals surface area contributed by atoms with Crippen LogP contribution in [-0.4, -0.2) is 41.8 Å². The topological polar surface area (TPSA) is 54.5 Å². The number of anilines is 1. The normalized spacial score (nSPS) is 16.1. The first kappa shape index (κ1) is 19.2. The predicted molar refractivity (Wildman–Crippen MR) is 94.4 cm³/mol. The van der Waals surface area contributed by atoms with Gasteiger partial charge in [0.1, 0.15) is 5.75 Å². The van der Waals surface area contributed by atoms with Crippen LogP contribution in [0.2, 0.25) is 0 Å². The maximum atomic E-state index is 12.3. The number of benzene rings is 1. The summed E-state index contributed by atoms with van der Waals surface area (Å²) in [4.78, 5) is 18.6. The van der Waals surface area contributed by atoms with Crippen molar-refractivity contribution < 1.29 is 22.7 Å². The lowest BCUT2D eigenvalue weighted by Crippen LogP contribution is -2.38. The lowest BCUT2D eigenvalue weighted by atomic mass is 9.93. The number of alkyl halides is 3. The van der Waals surface area contributed by atoms with Crippen molar-refractivity contribution in [3.63, 3.8) is 0 Å². The molecule has 0 atom stereocenters. The molecule has 1 N–H and O–H groups in total. The molecule has 1 saturated heterocycles. The molecule has 1 amide bonds. The molecule has 2 heterocycles. The van der Waals surface area contributed by atoms with Gasteiger partial charge in [0, 0.05) is 29.6 Å². The van der Waals surface area contributed by atoms with E-state index in [4.69, 9.17) is 0 Å². The highest BCUT2D eigenvalue weighted by Crippen LogP contribution is 2.27. The molecule has 1 fully saturated rings. The van der Waals surface area contributed by atoms with Crippen LogP contribution in [-0.2, 0) is 4.79 Å². The van der Waals surface area contributed by atoms with E-state index in [9.17, 15) is 18.0 Å². The fourth-order valence-electron chi connectivity index (χ4n) is 3.18. The number of pyridine rings is 1. The summed E-state index contributed by atoms with van der Waals surface area (Å²) in [6, 6.07) is 11.1. The summed E-state index contributed by atoms with van der Waals surface area (Å²) < 4.78 is 40.7. The van der Waals surface area contributed by atoms with Crippen LogP contribution >= 0.6 is 0 Å². The number of nitrogens with one attached hydrogen (secondary N) is 1. The Morgan fingerprint density at radius 2 is 1.96 bits per heavy atom. The number of rotatable bonds is 5. The van der Waals surface area contributed by atoms with Crippen molar-refractivity contribution in [1.29, 1.82) is 0 Å². The highest BCUT2D eigenvalue weighted by atomic mass is 19.4. The Balaban J connectivity index is 1.48. The first-order valence-corrected chi connectivity index (χ1v) is 8.68. The van der Waals surface area contributed by atoms with Gasteiger partial charge in [-0.2, -0.15) is 0 Å². The summed E-state index contributed by atoms with van der Waals surface area (Å²) in [5, 5.41) is 2.62. The van der Waals surface area contributed by atoms with Crippen molar-refractivity contribution in [3.8, 4) is 5.75 Å². The molecule has 0 unspecified atom stereocenters. The average Bonchev–Trinajstić information content (AvgIpc) is 2.62. The second-order valence-corrected chi connectivity index (χ2v) is 6.43. The van der Waals surface area contributed by atoms with Crippen molar-refractivity contribution in [1.82, 2.24) is 9.88 Å². The predicted octanol–water partition coefficient (Wildman–Crippen LogP) is 3.80. The van der Waals surface area contributed by atoms with Gasteiger partial charge in [-0.25, -0.2) is 0 Å². The van der Waals surface area contributed by atoms with Gasteiger partial charge in [-0.3, -0.25) is 14.7 Å². The summed E-state index contributed by atoms with van der Waals surface area (Å²) >= 11 is 0. The van der Waals surface area contributed by atoms with E-state index in [0.717, 1.165) is 37.7 Å². The van der Waals surface area contributed by atoms with Gasteiger partial charge in [0.15, 0.2) is 0 Å².